The van der Waals surface area contributed by atoms with E-state index in [4.69, 9.17) is 0 Å². The zero-order chi connectivity index (χ0) is 7.40. The molecule has 0 unspecified atom stereocenters. The Balaban J connectivity index is 2.96. The topological polar surface area (TPSA) is 49.8 Å². The van der Waals surface area contributed by atoms with Crippen LogP contribution in [0.25, 0.3) is 0 Å². The minimum Gasteiger partial charge on any atom is -0.384 e. The average Bonchev–Trinajstić information content (AvgIpc) is 2.04. The molecule has 0 radical (unpaired) electrons. The van der Waals surface area contributed by atoms with Gasteiger partial charge in [-0.1, -0.05) is 0 Å². The summed E-state index contributed by atoms with van der Waals surface area (Å²) in [6, 6.07) is 0. The van der Waals surface area contributed by atoms with Gasteiger partial charge in [0.15, 0.2) is 5.82 Å². The third-order valence-corrected chi connectivity index (χ3v) is 1.22. The van der Waals surface area contributed by atoms with Crippen molar-refractivity contribution in [3.05, 3.63) is 12.5 Å². The summed E-state index contributed by atoms with van der Waals surface area (Å²) in [5.74, 6) is 0.817. The molecule has 10 heavy (non-hydrogen) atoms. The molecular weight excluding hydrogens is 128 g/mol. The minimum atomic E-state index is 0.817. The van der Waals surface area contributed by atoms with E-state index < -0.39 is 0 Å². The normalized spacial score (nSPS) is 9.00. The van der Waals surface area contributed by atoms with Gasteiger partial charge in [-0.05, 0) is 0 Å². The maximum atomic E-state index is 3.98. The monoisotopic (exact) mass is 138 g/mol. The fraction of sp³-hybridized carbons (Fsp3) is 0.333. The molecule has 0 saturated heterocycles. The second kappa shape index (κ2) is 3.00. The molecule has 0 spiro atoms. The standard InChI is InChI=1S/C6H10N4/c1-7-5-3-9-4-10-6(5)8-2/h3-4,7H,1-2H3,(H,8,9,10). The molecule has 0 saturated carbocycles. The molecule has 4 heteroatoms. The van der Waals surface area contributed by atoms with Gasteiger partial charge < -0.3 is 10.6 Å². The SMILES string of the molecule is CNc1cncnc1NC. The molecule has 0 aliphatic heterocycles. The van der Waals surface area contributed by atoms with Crippen LogP contribution >= 0.6 is 0 Å². The smallest absolute Gasteiger partial charge is 0.152 e. The number of anilines is 2. The second-order valence-corrected chi connectivity index (χ2v) is 1.79. The largest absolute Gasteiger partial charge is 0.384 e. The lowest BCUT2D eigenvalue weighted by molar-refractivity contribution is 1.15. The highest BCUT2D eigenvalue weighted by Crippen LogP contribution is 2.13. The summed E-state index contributed by atoms with van der Waals surface area (Å²) >= 11 is 0. The van der Waals surface area contributed by atoms with Gasteiger partial charge in [-0.2, -0.15) is 0 Å². The van der Waals surface area contributed by atoms with E-state index in [2.05, 4.69) is 20.6 Å². The maximum absolute atomic E-state index is 3.98. The zero-order valence-corrected chi connectivity index (χ0v) is 6.05. The summed E-state index contributed by atoms with van der Waals surface area (Å²) in [7, 11) is 3.66. The van der Waals surface area contributed by atoms with E-state index in [0.29, 0.717) is 0 Å². The molecule has 0 aliphatic carbocycles. The molecule has 0 aromatic carbocycles. The summed E-state index contributed by atoms with van der Waals surface area (Å²) in [5, 5.41) is 5.89. The van der Waals surface area contributed by atoms with Crippen LogP contribution in [0, 0.1) is 0 Å². The third kappa shape index (κ3) is 1.15. The lowest BCUT2D eigenvalue weighted by Crippen LogP contribution is -1.99. The van der Waals surface area contributed by atoms with E-state index in [-0.39, 0.29) is 0 Å². The van der Waals surface area contributed by atoms with Crippen molar-refractivity contribution in [1.29, 1.82) is 0 Å². The first-order valence-electron chi connectivity index (χ1n) is 3.04. The van der Waals surface area contributed by atoms with Crippen LogP contribution in [0.15, 0.2) is 12.5 Å². The number of rotatable bonds is 2. The summed E-state index contributed by atoms with van der Waals surface area (Å²) in [6.45, 7) is 0. The van der Waals surface area contributed by atoms with Crippen LogP contribution in [0.5, 0.6) is 0 Å². The van der Waals surface area contributed by atoms with Crippen LogP contribution in [0.2, 0.25) is 0 Å². The van der Waals surface area contributed by atoms with Crippen molar-refractivity contribution in [2.24, 2.45) is 0 Å². The summed E-state index contributed by atoms with van der Waals surface area (Å²) in [5.41, 5.74) is 0.907. The van der Waals surface area contributed by atoms with Crippen LogP contribution in [-0.2, 0) is 0 Å². The molecule has 1 aromatic rings. The van der Waals surface area contributed by atoms with Crippen LogP contribution in [0.4, 0.5) is 11.5 Å². The molecule has 1 aromatic heterocycles. The molecule has 0 aliphatic rings. The number of nitrogens with zero attached hydrogens (tertiary/aromatic N) is 2. The average molecular weight is 138 g/mol. The zero-order valence-electron chi connectivity index (χ0n) is 6.05. The first kappa shape index (κ1) is 6.80. The van der Waals surface area contributed by atoms with Gasteiger partial charge in [0, 0.05) is 14.1 Å². The van der Waals surface area contributed by atoms with Crippen molar-refractivity contribution in [2.75, 3.05) is 24.7 Å². The van der Waals surface area contributed by atoms with Gasteiger partial charge in [0.2, 0.25) is 0 Å². The molecule has 0 fully saturated rings. The van der Waals surface area contributed by atoms with Gasteiger partial charge >= 0.3 is 0 Å². The Kier molecular flexibility index (Phi) is 2.04. The van der Waals surface area contributed by atoms with Crippen molar-refractivity contribution in [2.45, 2.75) is 0 Å². The van der Waals surface area contributed by atoms with Crippen molar-refractivity contribution in [3.8, 4) is 0 Å². The van der Waals surface area contributed by atoms with Crippen LogP contribution in [0.1, 0.15) is 0 Å². The predicted octanol–water partition coefficient (Wildman–Crippen LogP) is 0.560. The molecule has 0 amide bonds. The maximum Gasteiger partial charge on any atom is 0.152 e. The van der Waals surface area contributed by atoms with Crippen molar-refractivity contribution >= 4 is 11.5 Å². The number of nitrogens with one attached hydrogen (secondary N) is 2. The fourth-order valence-electron chi connectivity index (χ4n) is 0.712. The lowest BCUT2D eigenvalue weighted by atomic mass is 10.5. The highest BCUT2D eigenvalue weighted by atomic mass is 15.0. The highest BCUT2D eigenvalue weighted by Gasteiger charge is 1.95. The molecule has 4 nitrogen and oxygen atoms in total. The summed E-state index contributed by atoms with van der Waals surface area (Å²) < 4.78 is 0. The third-order valence-electron chi connectivity index (χ3n) is 1.22. The van der Waals surface area contributed by atoms with Gasteiger partial charge in [0.05, 0.1) is 11.9 Å². The van der Waals surface area contributed by atoms with Crippen molar-refractivity contribution < 1.29 is 0 Å². The fourth-order valence-corrected chi connectivity index (χ4v) is 0.712. The van der Waals surface area contributed by atoms with Crippen LogP contribution in [0.3, 0.4) is 0 Å². The Morgan fingerprint density at radius 2 is 2.10 bits per heavy atom. The Hall–Kier alpha value is -1.32. The van der Waals surface area contributed by atoms with Crippen LogP contribution in [-0.4, -0.2) is 24.1 Å². The minimum absolute atomic E-state index is 0.817. The lowest BCUT2D eigenvalue weighted by Gasteiger charge is -2.03. The van der Waals surface area contributed by atoms with E-state index in [1.807, 2.05) is 14.1 Å². The summed E-state index contributed by atoms with van der Waals surface area (Å²) in [6.07, 6.45) is 3.23. The van der Waals surface area contributed by atoms with Crippen molar-refractivity contribution in [1.82, 2.24) is 9.97 Å². The van der Waals surface area contributed by atoms with Gasteiger partial charge in [-0.15, -0.1) is 0 Å². The predicted molar refractivity (Wildman–Crippen MR) is 41.1 cm³/mol. The number of hydrogen-bond acceptors (Lipinski definition) is 4. The Bertz CT molecular complexity index is 188. The van der Waals surface area contributed by atoms with E-state index >= 15 is 0 Å². The van der Waals surface area contributed by atoms with E-state index in [1.54, 1.807) is 6.20 Å². The molecule has 0 bridgehead atoms. The Morgan fingerprint density at radius 3 is 2.60 bits per heavy atom. The van der Waals surface area contributed by atoms with E-state index in [0.717, 1.165) is 11.5 Å². The summed E-state index contributed by atoms with van der Waals surface area (Å²) in [4.78, 5) is 7.83. The molecular formula is C6H10N4. The quantitative estimate of drug-likeness (QED) is 0.627. The molecule has 1 heterocycles. The van der Waals surface area contributed by atoms with E-state index in [1.165, 1.54) is 6.33 Å². The Morgan fingerprint density at radius 1 is 1.30 bits per heavy atom. The Labute approximate surface area is 59.7 Å². The first-order chi connectivity index (χ1) is 4.88. The molecule has 0 atom stereocenters. The van der Waals surface area contributed by atoms with E-state index in [9.17, 15) is 0 Å². The van der Waals surface area contributed by atoms with Gasteiger partial charge in [-0.3, -0.25) is 0 Å². The number of hydrogen-bond donors (Lipinski definition) is 2. The molecule has 54 valence electrons. The molecule has 1 rings (SSSR count). The second-order valence-electron chi connectivity index (χ2n) is 1.79. The van der Waals surface area contributed by atoms with Gasteiger partial charge in [0.1, 0.15) is 6.33 Å². The number of aromatic nitrogens is 2. The van der Waals surface area contributed by atoms with Crippen molar-refractivity contribution in [3.63, 3.8) is 0 Å². The van der Waals surface area contributed by atoms with Gasteiger partial charge in [0.25, 0.3) is 0 Å². The first-order valence-corrected chi connectivity index (χ1v) is 3.04. The highest BCUT2D eigenvalue weighted by molar-refractivity contribution is 5.61. The van der Waals surface area contributed by atoms with Crippen LogP contribution < -0.4 is 10.6 Å². The van der Waals surface area contributed by atoms with Gasteiger partial charge in [-0.25, -0.2) is 9.97 Å². The molecule has 2 N–H and O–H groups in total.